The number of phenols is 1. The maximum atomic E-state index is 11.9. The Morgan fingerprint density at radius 1 is 0.958 bits per heavy atom. The van der Waals surface area contributed by atoms with Gasteiger partial charge in [-0.3, -0.25) is 9.59 Å². The van der Waals surface area contributed by atoms with E-state index < -0.39 is 0 Å². The lowest BCUT2D eigenvalue weighted by Crippen LogP contribution is -2.01. The molecule has 3 nitrogen and oxygen atoms in total. The number of aromatic hydroxyl groups is 1. The number of carbonyl (C=O) groups excluding carboxylic acids is 2. The van der Waals surface area contributed by atoms with E-state index in [0.29, 0.717) is 0 Å². The van der Waals surface area contributed by atoms with Crippen molar-refractivity contribution in [3.8, 4) is 5.75 Å². The Morgan fingerprint density at radius 2 is 1.58 bits per heavy atom. The fraction of sp³-hybridized carbons (Fsp3) is 0.100. The van der Waals surface area contributed by atoms with Gasteiger partial charge in [0.2, 0.25) is 0 Å². The number of hydrogen-bond donors (Lipinski definition) is 1. The van der Waals surface area contributed by atoms with Gasteiger partial charge in [-0.15, -0.1) is 11.8 Å². The summed E-state index contributed by atoms with van der Waals surface area (Å²) in [5.74, 6) is -0.313. The summed E-state index contributed by atoms with van der Waals surface area (Å²) in [6.45, 7) is 0. The van der Waals surface area contributed by atoms with Crippen molar-refractivity contribution in [3.63, 3.8) is 0 Å². The molecule has 0 radical (unpaired) electrons. The summed E-state index contributed by atoms with van der Waals surface area (Å²) in [6, 6.07) is 14.3. The lowest BCUT2D eigenvalue weighted by atomic mass is 10.1. The Bertz CT molecular complexity index is 774. The normalized spacial score (nSPS) is 11.2. The summed E-state index contributed by atoms with van der Waals surface area (Å²) in [6.07, 6.45) is 8.01. The van der Waals surface area contributed by atoms with Crippen LogP contribution >= 0.6 is 11.8 Å². The Hall–Kier alpha value is -2.59. The summed E-state index contributed by atoms with van der Waals surface area (Å²) in [5.41, 5.74) is 1.75. The molecule has 0 aliphatic heterocycles. The SMILES string of the molecule is CSc1ccccc1/C=C/C(=O)CC(=O)/C=C/c1ccc(O)cc1. The van der Waals surface area contributed by atoms with Crippen LogP contribution in [-0.2, 0) is 9.59 Å². The molecule has 24 heavy (non-hydrogen) atoms. The molecule has 2 aromatic carbocycles. The number of ketones is 2. The minimum Gasteiger partial charge on any atom is -0.508 e. The second kappa shape index (κ2) is 8.89. The zero-order valence-corrected chi connectivity index (χ0v) is 14.1. The van der Waals surface area contributed by atoms with Gasteiger partial charge in [0.25, 0.3) is 0 Å². The fourth-order valence-corrected chi connectivity index (χ4v) is 2.64. The van der Waals surface area contributed by atoms with E-state index in [2.05, 4.69) is 0 Å². The van der Waals surface area contributed by atoms with Crippen molar-refractivity contribution < 1.29 is 14.7 Å². The first kappa shape index (κ1) is 17.8. The van der Waals surface area contributed by atoms with E-state index in [1.54, 1.807) is 48.2 Å². The van der Waals surface area contributed by atoms with Crippen LogP contribution in [0.15, 0.2) is 65.6 Å². The van der Waals surface area contributed by atoms with Gasteiger partial charge in [0.15, 0.2) is 11.6 Å². The van der Waals surface area contributed by atoms with Gasteiger partial charge in [0.05, 0.1) is 6.42 Å². The molecular formula is C20H18O3S. The summed E-state index contributed by atoms with van der Waals surface area (Å²) in [5, 5.41) is 9.20. The molecule has 0 saturated heterocycles. The summed E-state index contributed by atoms with van der Waals surface area (Å²) >= 11 is 1.61. The van der Waals surface area contributed by atoms with Crippen molar-refractivity contribution in [2.45, 2.75) is 11.3 Å². The molecule has 2 rings (SSSR count). The summed E-state index contributed by atoms with van der Waals surface area (Å²) < 4.78 is 0. The highest BCUT2D eigenvalue weighted by Gasteiger charge is 2.04. The van der Waals surface area contributed by atoms with Crippen LogP contribution in [0.5, 0.6) is 5.75 Å². The van der Waals surface area contributed by atoms with Crippen LogP contribution in [-0.4, -0.2) is 22.9 Å². The lowest BCUT2D eigenvalue weighted by Gasteiger charge is -2.00. The molecule has 0 saturated carbocycles. The van der Waals surface area contributed by atoms with Gasteiger partial charge in [-0.1, -0.05) is 42.5 Å². The molecule has 2 aromatic rings. The highest BCUT2D eigenvalue weighted by Crippen LogP contribution is 2.21. The molecule has 0 spiro atoms. The summed E-state index contributed by atoms with van der Waals surface area (Å²) in [4.78, 5) is 24.8. The number of benzene rings is 2. The van der Waals surface area contributed by atoms with E-state index in [9.17, 15) is 14.7 Å². The van der Waals surface area contributed by atoms with Gasteiger partial charge in [0.1, 0.15) is 5.75 Å². The van der Waals surface area contributed by atoms with E-state index in [1.165, 1.54) is 12.2 Å². The highest BCUT2D eigenvalue weighted by molar-refractivity contribution is 7.98. The zero-order valence-electron chi connectivity index (χ0n) is 13.3. The monoisotopic (exact) mass is 338 g/mol. The Kier molecular flexibility index (Phi) is 6.58. The molecule has 1 N–H and O–H groups in total. The van der Waals surface area contributed by atoms with Gasteiger partial charge in [0, 0.05) is 4.90 Å². The third kappa shape index (κ3) is 5.56. The first-order valence-electron chi connectivity index (χ1n) is 7.42. The second-order valence-electron chi connectivity index (χ2n) is 5.11. The highest BCUT2D eigenvalue weighted by atomic mass is 32.2. The summed E-state index contributed by atoms with van der Waals surface area (Å²) in [7, 11) is 0. The third-order valence-corrected chi connectivity index (χ3v) is 4.10. The number of hydrogen-bond acceptors (Lipinski definition) is 4. The minimum absolute atomic E-state index is 0.160. The van der Waals surface area contributed by atoms with Gasteiger partial charge >= 0.3 is 0 Å². The van der Waals surface area contributed by atoms with Gasteiger partial charge in [-0.2, -0.15) is 0 Å². The second-order valence-corrected chi connectivity index (χ2v) is 5.96. The lowest BCUT2D eigenvalue weighted by molar-refractivity contribution is -0.121. The quantitative estimate of drug-likeness (QED) is 0.463. The molecule has 0 heterocycles. The molecular weight excluding hydrogens is 320 g/mol. The van der Waals surface area contributed by atoms with Gasteiger partial charge in [-0.25, -0.2) is 0 Å². The third-order valence-electron chi connectivity index (χ3n) is 3.29. The number of carbonyl (C=O) groups is 2. The largest absolute Gasteiger partial charge is 0.508 e. The number of rotatable bonds is 7. The number of thioether (sulfide) groups is 1. The molecule has 0 bridgehead atoms. The van der Waals surface area contributed by atoms with Crippen molar-refractivity contribution in [3.05, 3.63) is 71.8 Å². The standard InChI is InChI=1S/C20H18O3S/c1-24-20-5-3-2-4-16(20)9-13-19(23)14-18(22)12-8-15-6-10-17(21)11-7-15/h2-13,21H,14H2,1H3/b12-8+,13-9+. The topological polar surface area (TPSA) is 54.4 Å². The molecule has 0 amide bonds. The predicted octanol–water partition coefficient (Wildman–Crippen LogP) is 4.37. The Balaban J connectivity index is 1.93. The maximum absolute atomic E-state index is 11.9. The molecule has 0 unspecified atom stereocenters. The van der Waals surface area contributed by atoms with E-state index in [-0.39, 0.29) is 23.7 Å². The van der Waals surface area contributed by atoms with E-state index >= 15 is 0 Å². The van der Waals surface area contributed by atoms with Crippen LogP contribution in [0.1, 0.15) is 17.5 Å². The Morgan fingerprint density at radius 3 is 2.25 bits per heavy atom. The first-order chi connectivity index (χ1) is 11.6. The van der Waals surface area contributed by atoms with E-state index in [4.69, 9.17) is 0 Å². The fourth-order valence-electron chi connectivity index (χ4n) is 2.05. The van der Waals surface area contributed by atoms with Crippen LogP contribution in [0.4, 0.5) is 0 Å². The smallest absolute Gasteiger partial charge is 0.163 e. The molecule has 122 valence electrons. The van der Waals surface area contributed by atoms with E-state index in [1.807, 2.05) is 30.5 Å². The average molecular weight is 338 g/mol. The van der Waals surface area contributed by atoms with Crippen LogP contribution in [0.2, 0.25) is 0 Å². The van der Waals surface area contributed by atoms with Crippen LogP contribution in [0.25, 0.3) is 12.2 Å². The van der Waals surface area contributed by atoms with Crippen molar-refractivity contribution in [2.24, 2.45) is 0 Å². The molecule has 0 aliphatic rings. The van der Waals surface area contributed by atoms with Gasteiger partial charge < -0.3 is 5.11 Å². The van der Waals surface area contributed by atoms with Crippen molar-refractivity contribution in [1.29, 1.82) is 0 Å². The van der Waals surface area contributed by atoms with Crippen LogP contribution in [0.3, 0.4) is 0 Å². The molecule has 0 aromatic heterocycles. The predicted molar refractivity (Wildman–Crippen MR) is 99.0 cm³/mol. The number of phenolic OH excluding ortho intramolecular Hbond substituents is 1. The maximum Gasteiger partial charge on any atom is 0.163 e. The molecule has 0 aliphatic carbocycles. The van der Waals surface area contributed by atoms with Gasteiger partial charge in [-0.05, 0) is 47.7 Å². The van der Waals surface area contributed by atoms with Crippen LogP contribution in [0, 0.1) is 0 Å². The van der Waals surface area contributed by atoms with E-state index in [0.717, 1.165) is 16.0 Å². The minimum atomic E-state index is -0.254. The molecule has 0 atom stereocenters. The molecule has 4 heteroatoms. The Labute approximate surface area is 145 Å². The average Bonchev–Trinajstić information content (AvgIpc) is 2.59. The van der Waals surface area contributed by atoms with Crippen molar-refractivity contribution >= 4 is 35.5 Å². The molecule has 0 fully saturated rings. The van der Waals surface area contributed by atoms with Crippen molar-refractivity contribution in [1.82, 2.24) is 0 Å². The van der Waals surface area contributed by atoms with Crippen molar-refractivity contribution in [2.75, 3.05) is 6.26 Å². The zero-order chi connectivity index (χ0) is 17.4. The first-order valence-corrected chi connectivity index (χ1v) is 8.65. The van der Waals surface area contributed by atoms with Crippen LogP contribution < -0.4 is 0 Å². The number of allylic oxidation sites excluding steroid dienone is 2.